The van der Waals surface area contributed by atoms with E-state index in [1.807, 2.05) is 6.26 Å². The molecular weight excluding hydrogens is 424 g/mol. The van der Waals surface area contributed by atoms with Gasteiger partial charge in [0.25, 0.3) is 0 Å². The Hall–Kier alpha value is -1.90. The van der Waals surface area contributed by atoms with E-state index >= 15 is 0 Å². The average molecular weight is 449 g/mol. The average Bonchev–Trinajstić information content (AvgIpc) is 3.05. The van der Waals surface area contributed by atoms with Crippen LogP contribution >= 0.6 is 23.1 Å². The first-order chi connectivity index (χ1) is 13.9. The molecule has 0 saturated heterocycles. The summed E-state index contributed by atoms with van der Waals surface area (Å²) in [6.45, 7) is 2.87. The van der Waals surface area contributed by atoms with Crippen LogP contribution in [-0.4, -0.2) is 30.9 Å². The second kappa shape index (κ2) is 9.73. The number of carbonyl (C=O) groups is 1. The first-order valence-corrected chi connectivity index (χ1v) is 13.2. The fraction of sp³-hybridized carbons (Fsp3) is 0.333. The van der Waals surface area contributed by atoms with E-state index in [9.17, 15) is 13.2 Å². The summed E-state index contributed by atoms with van der Waals surface area (Å²) in [5.74, 6) is -0.341. The highest BCUT2D eigenvalue weighted by atomic mass is 32.2. The summed E-state index contributed by atoms with van der Waals surface area (Å²) in [6, 6.07) is 14.6. The molecule has 0 saturated carbocycles. The predicted molar refractivity (Wildman–Crippen MR) is 120 cm³/mol. The lowest BCUT2D eigenvalue weighted by atomic mass is 10.3. The van der Waals surface area contributed by atoms with Gasteiger partial charge in [-0.15, -0.1) is 11.8 Å². The van der Waals surface area contributed by atoms with Crippen LogP contribution in [0.3, 0.4) is 0 Å². The summed E-state index contributed by atoms with van der Waals surface area (Å²) in [7, 11) is -3.37. The van der Waals surface area contributed by atoms with E-state index in [2.05, 4.69) is 34.7 Å². The first-order valence-electron chi connectivity index (χ1n) is 9.47. The molecule has 0 aliphatic carbocycles. The topological polar surface area (TPSA) is 68.5 Å². The van der Waals surface area contributed by atoms with E-state index in [1.54, 1.807) is 42.1 Å². The van der Waals surface area contributed by atoms with Crippen LogP contribution in [0.15, 0.2) is 63.3 Å². The predicted octanol–water partition coefficient (Wildman–Crippen LogP) is 4.52. The molecule has 154 valence electrons. The van der Waals surface area contributed by atoms with Crippen molar-refractivity contribution in [2.24, 2.45) is 4.99 Å². The van der Waals surface area contributed by atoms with Gasteiger partial charge in [-0.05, 0) is 49.4 Å². The van der Waals surface area contributed by atoms with Gasteiger partial charge in [-0.2, -0.15) is 4.99 Å². The van der Waals surface area contributed by atoms with Crippen molar-refractivity contribution in [1.82, 2.24) is 4.57 Å². The highest BCUT2D eigenvalue weighted by Crippen LogP contribution is 2.24. The molecule has 1 aromatic heterocycles. The van der Waals surface area contributed by atoms with E-state index < -0.39 is 9.84 Å². The van der Waals surface area contributed by atoms with Crippen LogP contribution in [-0.2, 0) is 21.2 Å². The monoisotopic (exact) mass is 448 g/mol. The summed E-state index contributed by atoms with van der Waals surface area (Å²) >= 11 is 3.18. The zero-order valence-electron chi connectivity index (χ0n) is 16.5. The van der Waals surface area contributed by atoms with Gasteiger partial charge >= 0.3 is 0 Å². The number of sulfone groups is 1. The number of fused-ring (bicyclic) bond motifs is 1. The second-order valence-corrected chi connectivity index (χ2v) is 10.6. The van der Waals surface area contributed by atoms with Crippen molar-refractivity contribution in [3.8, 4) is 0 Å². The molecule has 0 spiro atoms. The largest absolute Gasteiger partial charge is 0.316 e. The molecule has 0 aliphatic heterocycles. The SMILES string of the molecule is CCCn1c(=NC(=O)CCCS(=O)(=O)c2ccccc2)sc2cc(SC)ccc21. The minimum absolute atomic E-state index is 0.0588. The minimum Gasteiger partial charge on any atom is -0.316 e. The lowest BCUT2D eigenvalue weighted by molar-refractivity contribution is -0.118. The van der Waals surface area contributed by atoms with E-state index in [1.165, 1.54) is 16.2 Å². The summed E-state index contributed by atoms with van der Waals surface area (Å²) in [6.07, 6.45) is 3.34. The Bertz CT molecular complexity index is 1160. The molecule has 1 heterocycles. The maximum atomic E-state index is 12.4. The van der Waals surface area contributed by atoms with E-state index in [-0.39, 0.29) is 24.5 Å². The number of thiazole rings is 1. The Kier molecular flexibility index (Phi) is 7.32. The molecule has 0 bridgehead atoms. The van der Waals surface area contributed by atoms with Crippen molar-refractivity contribution in [2.75, 3.05) is 12.0 Å². The Morgan fingerprint density at radius 2 is 1.93 bits per heavy atom. The number of hydrogen-bond donors (Lipinski definition) is 0. The van der Waals surface area contributed by atoms with Crippen molar-refractivity contribution in [3.63, 3.8) is 0 Å². The molecule has 0 atom stereocenters. The van der Waals surface area contributed by atoms with Gasteiger partial charge in [-0.3, -0.25) is 4.79 Å². The van der Waals surface area contributed by atoms with Crippen LogP contribution in [0.4, 0.5) is 0 Å². The molecule has 1 amide bonds. The molecular formula is C21H24N2O3S3. The molecule has 0 N–H and O–H groups in total. The summed E-state index contributed by atoms with van der Waals surface area (Å²) in [5, 5.41) is 0. The second-order valence-electron chi connectivity index (χ2n) is 6.61. The fourth-order valence-electron chi connectivity index (χ4n) is 3.03. The molecule has 0 fully saturated rings. The maximum Gasteiger partial charge on any atom is 0.248 e. The summed E-state index contributed by atoms with van der Waals surface area (Å²) < 4.78 is 27.9. The third-order valence-corrected chi connectivity index (χ3v) is 8.05. The summed E-state index contributed by atoms with van der Waals surface area (Å²) in [5.41, 5.74) is 1.08. The molecule has 3 aromatic rings. The molecule has 3 rings (SSSR count). The van der Waals surface area contributed by atoms with Crippen molar-refractivity contribution in [1.29, 1.82) is 0 Å². The first kappa shape index (κ1) is 21.8. The zero-order chi connectivity index (χ0) is 20.9. The van der Waals surface area contributed by atoms with Gasteiger partial charge in [0.2, 0.25) is 5.91 Å². The Balaban J connectivity index is 1.76. The highest BCUT2D eigenvalue weighted by Gasteiger charge is 2.15. The molecule has 0 aliphatic rings. The standard InChI is InChI=1S/C21H24N2O3S3/c1-3-13-23-18-12-11-16(27-2)15-19(18)28-21(23)22-20(24)10-7-14-29(25,26)17-8-5-4-6-9-17/h4-6,8-9,11-12,15H,3,7,10,13-14H2,1-2H3. The maximum absolute atomic E-state index is 12.4. The third-order valence-electron chi connectivity index (χ3n) is 4.46. The van der Waals surface area contributed by atoms with Gasteiger partial charge in [-0.1, -0.05) is 36.5 Å². The number of carbonyl (C=O) groups excluding carboxylic acids is 1. The van der Waals surface area contributed by atoms with Crippen LogP contribution in [0.1, 0.15) is 26.2 Å². The Morgan fingerprint density at radius 1 is 1.17 bits per heavy atom. The fourth-order valence-corrected chi connectivity index (χ4v) is 5.99. The Morgan fingerprint density at radius 3 is 2.62 bits per heavy atom. The number of hydrogen-bond acceptors (Lipinski definition) is 5. The molecule has 2 aromatic carbocycles. The number of thioether (sulfide) groups is 1. The number of nitrogens with zero attached hydrogens (tertiary/aromatic N) is 2. The number of aryl methyl sites for hydroxylation is 1. The van der Waals surface area contributed by atoms with Crippen molar-refractivity contribution in [2.45, 2.75) is 42.5 Å². The smallest absolute Gasteiger partial charge is 0.248 e. The number of aromatic nitrogens is 1. The lowest BCUT2D eigenvalue weighted by Gasteiger charge is -2.04. The zero-order valence-corrected chi connectivity index (χ0v) is 18.9. The van der Waals surface area contributed by atoms with Gasteiger partial charge in [0.1, 0.15) is 0 Å². The number of benzene rings is 2. The van der Waals surface area contributed by atoms with Gasteiger partial charge in [0.15, 0.2) is 14.6 Å². The molecule has 8 heteroatoms. The molecule has 5 nitrogen and oxygen atoms in total. The van der Waals surface area contributed by atoms with Crippen LogP contribution in [0, 0.1) is 0 Å². The third kappa shape index (κ3) is 5.38. The number of rotatable bonds is 8. The molecule has 29 heavy (non-hydrogen) atoms. The highest BCUT2D eigenvalue weighted by molar-refractivity contribution is 7.98. The van der Waals surface area contributed by atoms with Gasteiger partial charge < -0.3 is 4.57 Å². The minimum atomic E-state index is -3.37. The van der Waals surface area contributed by atoms with Crippen molar-refractivity contribution in [3.05, 3.63) is 53.3 Å². The summed E-state index contributed by atoms with van der Waals surface area (Å²) in [4.78, 5) is 18.9. The molecule has 0 radical (unpaired) electrons. The van der Waals surface area contributed by atoms with E-state index in [0.717, 1.165) is 23.2 Å². The van der Waals surface area contributed by atoms with Gasteiger partial charge in [0.05, 0.1) is 20.9 Å². The van der Waals surface area contributed by atoms with Crippen LogP contribution in [0.25, 0.3) is 10.2 Å². The van der Waals surface area contributed by atoms with Crippen LogP contribution in [0.5, 0.6) is 0 Å². The number of amides is 1. The van der Waals surface area contributed by atoms with E-state index in [4.69, 9.17) is 0 Å². The normalized spacial score (nSPS) is 12.6. The van der Waals surface area contributed by atoms with Crippen molar-refractivity contribution < 1.29 is 13.2 Å². The Labute approximate surface area is 179 Å². The van der Waals surface area contributed by atoms with Gasteiger partial charge in [-0.25, -0.2) is 8.42 Å². The van der Waals surface area contributed by atoms with Crippen LogP contribution in [0.2, 0.25) is 0 Å². The van der Waals surface area contributed by atoms with Gasteiger partial charge in [0, 0.05) is 17.9 Å². The molecule has 0 unspecified atom stereocenters. The van der Waals surface area contributed by atoms with Crippen LogP contribution < -0.4 is 4.80 Å². The lowest BCUT2D eigenvalue weighted by Crippen LogP contribution is -2.17. The van der Waals surface area contributed by atoms with Crippen molar-refractivity contribution >= 4 is 49.1 Å². The quantitative estimate of drug-likeness (QED) is 0.475. The van der Waals surface area contributed by atoms with E-state index in [0.29, 0.717) is 9.70 Å².